The summed E-state index contributed by atoms with van der Waals surface area (Å²) in [7, 11) is 0. The predicted molar refractivity (Wildman–Crippen MR) is 56.4 cm³/mol. The number of rotatable bonds is 3. The van der Waals surface area contributed by atoms with Gasteiger partial charge in [0.25, 0.3) is 0 Å². The van der Waals surface area contributed by atoms with Crippen molar-refractivity contribution in [3.05, 3.63) is 15.6 Å². The fourth-order valence-corrected chi connectivity index (χ4v) is 2.42. The molecule has 1 fully saturated rings. The number of nitrogens with zero attached hydrogens (tertiary/aromatic N) is 1. The van der Waals surface area contributed by atoms with Crippen LogP contribution in [-0.2, 0) is 6.54 Å². The minimum absolute atomic E-state index is 0.115. The van der Waals surface area contributed by atoms with Crippen LogP contribution in [-0.4, -0.2) is 10.8 Å². The first-order valence-corrected chi connectivity index (χ1v) is 5.59. The quantitative estimate of drug-likeness (QED) is 0.775. The van der Waals surface area contributed by atoms with Crippen molar-refractivity contribution in [2.45, 2.75) is 33.2 Å². The van der Waals surface area contributed by atoms with Crippen molar-refractivity contribution < 1.29 is 4.79 Å². The fraction of sp³-hybridized carbons (Fsp3) is 0.600. The maximum atomic E-state index is 11.9. The molecule has 1 aliphatic rings. The van der Waals surface area contributed by atoms with E-state index >= 15 is 0 Å². The summed E-state index contributed by atoms with van der Waals surface area (Å²) in [6, 6.07) is 0. The Hall–Kier alpha value is -0.740. The Bertz CT molecular complexity index is 379. The maximum absolute atomic E-state index is 11.9. The Morgan fingerprint density at radius 3 is 2.71 bits per heavy atom. The van der Waals surface area contributed by atoms with Gasteiger partial charge in [0.15, 0.2) is 10.8 Å². The van der Waals surface area contributed by atoms with Crippen LogP contribution in [0.3, 0.4) is 0 Å². The van der Waals surface area contributed by atoms with E-state index in [-0.39, 0.29) is 11.2 Å². The number of Topliss-reactive ketones (excluding diaryl/α,β-unsaturated/α-hetero) is 1. The van der Waals surface area contributed by atoms with Gasteiger partial charge in [0, 0.05) is 16.8 Å². The standard InChI is InChI=1S/C10H14N2OS/c1-6-7(5-11)14-9(12-6)8(13)10(2)3-4-10/h3-5,11H2,1-2H3. The zero-order chi connectivity index (χ0) is 10.3. The zero-order valence-corrected chi connectivity index (χ0v) is 9.28. The summed E-state index contributed by atoms with van der Waals surface area (Å²) < 4.78 is 0. The SMILES string of the molecule is Cc1nc(C(=O)C2(C)CC2)sc1CN. The van der Waals surface area contributed by atoms with Gasteiger partial charge in [0.1, 0.15) is 0 Å². The second kappa shape index (κ2) is 3.14. The third kappa shape index (κ3) is 1.48. The molecule has 76 valence electrons. The van der Waals surface area contributed by atoms with Crippen LogP contribution in [0, 0.1) is 12.3 Å². The van der Waals surface area contributed by atoms with E-state index in [1.165, 1.54) is 11.3 Å². The molecular weight excluding hydrogens is 196 g/mol. The van der Waals surface area contributed by atoms with Crippen molar-refractivity contribution in [1.29, 1.82) is 0 Å². The van der Waals surface area contributed by atoms with Gasteiger partial charge in [-0.1, -0.05) is 6.92 Å². The van der Waals surface area contributed by atoms with Crippen LogP contribution in [0.15, 0.2) is 0 Å². The molecule has 3 nitrogen and oxygen atoms in total. The minimum Gasteiger partial charge on any atom is -0.326 e. The number of carbonyl (C=O) groups excluding carboxylic acids is 1. The van der Waals surface area contributed by atoms with Crippen LogP contribution in [0.5, 0.6) is 0 Å². The molecule has 1 saturated carbocycles. The maximum Gasteiger partial charge on any atom is 0.197 e. The van der Waals surface area contributed by atoms with Crippen LogP contribution in [0.1, 0.15) is 40.1 Å². The zero-order valence-electron chi connectivity index (χ0n) is 8.46. The molecule has 0 amide bonds. The van der Waals surface area contributed by atoms with E-state index in [0.29, 0.717) is 11.6 Å². The second-order valence-corrected chi connectivity index (χ2v) is 5.21. The minimum atomic E-state index is -0.115. The van der Waals surface area contributed by atoms with Crippen molar-refractivity contribution >= 4 is 17.1 Å². The third-order valence-electron chi connectivity index (χ3n) is 2.82. The molecule has 0 atom stereocenters. The molecule has 0 aliphatic heterocycles. The first-order valence-electron chi connectivity index (χ1n) is 4.78. The lowest BCUT2D eigenvalue weighted by Gasteiger charge is -2.01. The number of aromatic nitrogens is 1. The van der Waals surface area contributed by atoms with Gasteiger partial charge in [-0.3, -0.25) is 4.79 Å². The van der Waals surface area contributed by atoms with Crippen LogP contribution < -0.4 is 5.73 Å². The van der Waals surface area contributed by atoms with Crippen LogP contribution in [0.25, 0.3) is 0 Å². The molecule has 0 saturated heterocycles. The van der Waals surface area contributed by atoms with Crippen molar-refractivity contribution in [2.75, 3.05) is 0 Å². The molecule has 14 heavy (non-hydrogen) atoms. The molecule has 1 aromatic heterocycles. The molecule has 1 heterocycles. The summed E-state index contributed by atoms with van der Waals surface area (Å²) >= 11 is 1.45. The first kappa shape index (κ1) is 9.80. The number of hydrogen-bond donors (Lipinski definition) is 1. The van der Waals surface area contributed by atoms with Gasteiger partial charge >= 0.3 is 0 Å². The number of ketones is 1. The summed E-state index contributed by atoms with van der Waals surface area (Å²) in [6.45, 7) is 4.40. The topological polar surface area (TPSA) is 56.0 Å². The molecule has 0 unspecified atom stereocenters. The van der Waals surface area contributed by atoms with E-state index in [1.807, 2.05) is 13.8 Å². The molecular formula is C10H14N2OS. The van der Waals surface area contributed by atoms with Crippen molar-refractivity contribution in [3.63, 3.8) is 0 Å². The van der Waals surface area contributed by atoms with Crippen LogP contribution in [0.4, 0.5) is 0 Å². The van der Waals surface area contributed by atoms with Crippen molar-refractivity contribution in [2.24, 2.45) is 11.1 Å². The van der Waals surface area contributed by atoms with E-state index in [4.69, 9.17) is 5.73 Å². The van der Waals surface area contributed by atoms with E-state index in [0.717, 1.165) is 23.4 Å². The first-order chi connectivity index (χ1) is 6.57. The molecule has 0 aromatic carbocycles. The normalized spacial score (nSPS) is 18.2. The Kier molecular flexibility index (Phi) is 2.20. The molecule has 0 bridgehead atoms. The van der Waals surface area contributed by atoms with Gasteiger partial charge in [-0.25, -0.2) is 4.98 Å². The molecule has 0 spiro atoms. The summed E-state index contributed by atoms with van der Waals surface area (Å²) in [5.74, 6) is 0.199. The van der Waals surface area contributed by atoms with Gasteiger partial charge < -0.3 is 5.73 Å². The number of nitrogens with two attached hydrogens (primary N) is 1. The third-order valence-corrected chi connectivity index (χ3v) is 4.00. The van der Waals surface area contributed by atoms with Crippen LogP contribution >= 0.6 is 11.3 Å². The molecule has 1 aliphatic carbocycles. The van der Waals surface area contributed by atoms with Gasteiger partial charge in [-0.05, 0) is 19.8 Å². The van der Waals surface area contributed by atoms with Crippen molar-refractivity contribution in [3.8, 4) is 0 Å². The Morgan fingerprint density at radius 1 is 1.64 bits per heavy atom. The lowest BCUT2D eigenvalue weighted by Crippen LogP contribution is -2.11. The fourth-order valence-electron chi connectivity index (χ4n) is 1.39. The monoisotopic (exact) mass is 210 g/mol. The molecule has 2 N–H and O–H groups in total. The second-order valence-electron chi connectivity index (χ2n) is 4.12. The van der Waals surface area contributed by atoms with E-state index in [2.05, 4.69) is 4.98 Å². The van der Waals surface area contributed by atoms with Gasteiger partial charge in [0.05, 0.1) is 5.69 Å². The number of thiazole rings is 1. The summed E-state index contributed by atoms with van der Waals surface area (Å²) in [4.78, 5) is 17.2. The predicted octanol–water partition coefficient (Wildman–Crippen LogP) is 1.89. The van der Waals surface area contributed by atoms with Gasteiger partial charge in [0.2, 0.25) is 0 Å². The Morgan fingerprint density at radius 2 is 2.29 bits per heavy atom. The smallest absolute Gasteiger partial charge is 0.197 e. The largest absolute Gasteiger partial charge is 0.326 e. The lowest BCUT2D eigenvalue weighted by atomic mass is 10.1. The highest BCUT2D eigenvalue weighted by molar-refractivity contribution is 7.13. The summed E-state index contributed by atoms with van der Waals surface area (Å²) in [5, 5.41) is 0.642. The molecule has 2 rings (SSSR count). The summed E-state index contributed by atoms with van der Waals surface area (Å²) in [5.41, 5.74) is 6.34. The molecule has 1 aromatic rings. The highest BCUT2D eigenvalue weighted by Gasteiger charge is 2.46. The lowest BCUT2D eigenvalue weighted by molar-refractivity contribution is 0.0912. The van der Waals surface area contributed by atoms with E-state index in [9.17, 15) is 4.79 Å². The number of hydrogen-bond acceptors (Lipinski definition) is 4. The average molecular weight is 210 g/mol. The average Bonchev–Trinajstić information content (AvgIpc) is 2.79. The van der Waals surface area contributed by atoms with E-state index in [1.54, 1.807) is 0 Å². The Labute approximate surface area is 87.3 Å². The van der Waals surface area contributed by atoms with Gasteiger partial charge in [-0.15, -0.1) is 11.3 Å². The highest BCUT2D eigenvalue weighted by Crippen LogP contribution is 2.48. The molecule has 4 heteroatoms. The van der Waals surface area contributed by atoms with Gasteiger partial charge in [-0.2, -0.15) is 0 Å². The molecule has 0 radical (unpaired) electrons. The van der Waals surface area contributed by atoms with Crippen LogP contribution in [0.2, 0.25) is 0 Å². The van der Waals surface area contributed by atoms with E-state index < -0.39 is 0 Å². The summed E-state index contributed by atoms with van der Waals surface area (Å²) in [6.07, 6.45) is 2.00. The van der Waals surface area contributed by atoms with Crippen molar-refractivity contribution in [1.82, 2.24) is 4.98 Å². The number of aryl methyl sites for hydroxylation is 1. The highest BCUT2D eigenvalue weighted by atomic mass is 32.1. The number of carbonyl (C=O) groups is 1. The Balaban J connectivity index is 2.28.